The number of nitrogens with zero attached hydrogens (tertiary/aromatic N) is 4. The molecule has 4 aromatic rings. The Balaban J connectivity index is 1.44. The van der Waals surface area contributed by atoms with Gasteiger partial charge in [-0.1, -0.05) is 0 Å². The van der Waals surface area contributed by atoms with Gasteiger partial charge >= 0.3 is 11.9 Å². The van der Waals surface area contributed by atoms with E-state index in [1.165, 1.54) is 28.4 Å². The molecule has 12 nitrogen and oxygen atoms in total. The summed E-state index contributed by atoms with van der Waals surface area (Å²) in [5, 5.41) is 0. The Hall–Kier alpha value is -5.52. The highest BCUT2D eigenvalue weighted by Crippen LogP contribution is 2.37. The van der Waals surface area contributed by atoms with Crippen LogP contribution in [-0.2, 0) is 9.47 Å². The molecule has 0 amide bonds. The third-order valence-electron chi connectivity index (χ3n) is 7.96. The molecule has 0 aliphatic carbocycles. The lowest BCUT2D eigenvalue weighted by molar-refractivity contribution is 0.00502. The molecule has 0 spiro atoms. The Labute approximate surface area is 306 Å². The van der Waals surface area contributed by atoms with Gasteiger partial charge in [-0.25, -0.2) is 9.59 Å². The Morgan fingerprint density at radius 1 is 0.558 bits per heavy atom. The highest BCUT2D eigenvalue weighted by atomic mass is 16.6. The van der Waals surface area contributed by atoms with Gasteiger partial charge in [0.15, 0.2) is 0 Å². The molecule has 0 unspecified atom stereocenters. The third kappa shape index (κ3) is 9.62. The van der Waals surface area contributed by atoms with Crippen molar-refractivity contribution < 1.29 is 38.0 Å². The number of aromatic nitrogens is 2. The van der Waals surface area contributed by atoms with Gasteiger partial charge in [-0.05, 0) is 90.1 Å². The van der Waals surface area contributed by atoms with Crippen molar-refractivity contribution in [1.29, 1.82) is 0 Å². The summed E-state index contributed by atoms with van der Waals surface area (Å²) >= 11 is 0. The highest BCUT2D eigenvalue weighted by Gasteiger charge is 2.27. The van der Waals surface area contributed by atoms with E-state index in [4.69, 9.17) is 38.4 Å². The molecule has 2 aromatic carbocycles. The number of carbonyl (C=O) groups excluding carboxylic acids is 2. The quantitative estimate of drug-likeness (QED) is 0.129. The van der Waals surface area contributed by atoms with Crippen LogP contribution in [0.5, 0.6) is 23.0 Å². The smallest absolute Gasteiger partial charge is 0.346 e. The fourth-order valence-electron chi connectivity index (χ4n) is 5.30. The fourth-order valence-corrected chi connectivity index (χ4v) is 5.30. The lowest BCUT2D eigenvalue weighted by atomic mass is 10.0. The van der Waals surface area contributed by atoms with Crippen molar-refractivity contribution in [1.82, 2.24) is 9.97 Å². The second-order valence-electron chi connectivity index (χ2n) is 14.2. The van der Waals surface area contributed by atoms with E-state index in [1.807, 2.05) is 92.3 Å². The first kappa shape index (κ1) is 39.3. The molecule has 2 heterocycles. The molecule has 278 valence electrons. The minimum Gasteiger partial charge on any atom is -0.496 e. The molecule has 52 heavy (non-hydrogen) atoms. The van der Waals surface area contributed by atoms with Gasteiger partial charge in [-0.15, -0.1) is 0 Å². The normalized spacial score (nSPS) is 11.4. The second-order valence-corrected chi connectivity index (χ2v) is 14.2. The molecule has 0 saturated carbocycles. The Morgan fingerprint density at radius 3 is 1.10 bits per heavy atom. The molecule has 0 bridgehead atoms. The summed E-state index contributed by atoms with van der Waals surface area (Å²) in [6.45, 7) is 12.3. The van der Waals surface area contributed by atoms with Crippen molar-refractivity contribution in [3.05, 3.63) is 72.1 Å². The lowest BCUT2D eigenvalue weighted by Gasteiger charge is -2.25. The number of carbonyl (C=O) groups is 2. The molecular weight excluding hydrogens is 664 g/mol. The Morgan fingerprint density at radius 2 is 0.865 bits per heavy atom. The number of rotatable bonds is 13. The zero-order valence-corrected chi connectivity index (χ0v) is 32.2. The first-order valence-electron chi connectivity index (χ1n) is 16.8. The third-order valence-corrected chi connectivity index (χ3v) is 7.96. The summed E-state index contributed by atoms with van der Waals surface area (Å²) in [5.41, 5.74) is 3.85. The van der Waals surface area contributed by atoms with Crippen molar-refractivity contribution in [2.24, 2.45) is 0 Å². The van der Waals surface area contributed by atoms with Crippen LogP contribution in [0.15, 0.2) is 60.9 Å². The van der Waals surface area contributed by atoms with Gasteiger partial charge in [-0.2, -0.15) is 0 Å². The zero-order valence-electron chi connectivity index (χ0n) is 32.2. The van der Waals surface area contributed by atoms with Crippen LogP contribution in [0.25, 0.3) is 22.5 Å². The number of benzene rings is 2. The van der Waals surface area contributed by atoms with E-state index < -0.39 is 23.1 Å². The maximum Gasteiger partial charge on any atom is 0.346 e. The van der Waals surface area contributed by atoms with Gasteiger partial charge in [0.05, 0.1) is 63.6 Å². The van der Waals surface area contributed by atoms with Crippen molar-refractivity contribution in [3.8, 4) is 45.5 Å². The number of ether oxygens (including phenoxy) is 6. The summed E-state index contributed by atoms with van der Waals surface area (Å²) in [6, 6.07) is 14.9. The standard InChI is InChI=1S/C40H50N4O8/c1-39(2,3)51-37(45)35-31(47-9)19-25(20-32(35)48-10)29-15-13-27(23-41-29)43(7)17-18-44(8)28-14-16-30(42-24-28)26-21-33(49-11)36(34(22-26)50-12)38(46)52-40(4,5)6/h13-16,19-24H,17-18H2,1-12H3. The molecule has 0 aliphatic heterocycles. The van der Waals surface area contributed by atoms with Crippen LogP contribution in [0.4, 0.5) is 11.4 Å². The summed E-state index contributed by atoms with van der Waals surface area (Å²) in [4.78, 5) is 39.5. The topological polar surface area (TPSA) is 122 Å². The van der Waals surface area contributed by atoms with Gasteiger partial charge in [0.2, 0.25) is 0 Å². The van der Waals surface area contributed by atoms with E-state index in [-0.39, 0.29) is 11.1 Å². The van der Waals surface area contributed by atoms with E-state index in [9.17, 15) is 9.59 Å². The number of pyridine rings is 2. The van der Waals surface area contributed by atoms with Gasteiger partial charge in [0, 0.05) is 38.3 Å². The van der Waals surface area contributed by atoms with Crippen LogP contribution in [0.1, 0.15) is 62.3 Å². The number of esters is 2. The lowest BCUT2D eigenvalue weighted by Crippen LogP contribution is -2.30. The van der Waals surface area contributed by atoms with Crippen molar-refractivity contribution >= 4 is 23.3 Å². The predicted octanol–water partition coefficient (Wildman–Crippen LogP) is 7.33. The van der Waals surface area contributed by atoms with Crippen LogP contribution in [-0.4, -0.2) is 88.7 Å². The zero-order chi connectivity index (χ0) is 38.4. The van der Waals surface area contributed by atoms with Crippen LogP contribution in [0, 0.1) is 0 Å². The molecule has 12 heteroatoms. The first-order chi connectivity index (χ1) is 24.5. The predicted molar refractivity (Wildman–Crippen MR) is 202 cm³/mol. The molecule has 0 aliphatic rings. The number of hydrogen-bond donors (Lipinski definition) is 0. The largest absolute Gasteiger partial charge is 0.496 e. The molecule has 2 aromatic heterocycles. The average Bonchev–Trinajstić information content (AvgIpc) is 3.10. The summed E-state index contributed by atoms with van der Waals surface area (Å²) in [6.07, 6.45) is 3.62. The van der Waals surface area contributed by atoms with E-state index in [0.29, 0.717) is 47.5 Å². The Kier molecular flexibility index (Phi) is 12.2. The number of anilines is 2. The number of likely N-dealkylation sites (N-methyl/N-ethyl adjacent to an activating group) is 2. The highest BCUT2D eigenvalue weighted by molar-refractivity contribution is 5.98. The van der Waals surface area contributed by atoms with Crippen LogP contribution in [0.2, 0.25) is 0 Å². The van der Waals surface area contributed by atoms with Gasteiger partial charge in [0.1, 0.15) is 45.3 Å². The fraction of sp³-hybridized carbons (Fsp3) is 0.400. The number of methoxy groups -OCH3 is 4. The van der Waals surface area contributed by atoms with E-state index in [2.05, 4.69) is 9.80 Å². The molecule has 4 rings (SSSR count). The van der Waals surface area contributed by atoms with Crippen LogP contribution < -0.4 is 28.7 Å². The number of hydrogen-bond acceptors (Lipinski definition) is 12. The first-order valence-corrected chi connectivity index (χ1v) is 16.8. The molecule has 0 saturated heterocycles. The molecule has 0 N–H and O–H groups in total. The van der Waals surface area contributed by atoms with Gasteiger partial charge in [0.25, 0.3) is 0 Å². The SMILES string of the molecule is COc1cc(-c2ccc(N(C)CCN(C)c3ccc(-c4cc(OC)c(C(=O)OC(C)(C)C)c(OC)c4)nc3)cn2)cc(OC)c1C(=O)OC(C)(C)C. The molecule has 0 atom stereocenters. The van der Waals surface area contributed by atoms with Crippen LogP contribution >= 0.6 is 0 Å². The van der Waals surface area contributed by atoms with Gasteiger partial charge in [-0.3, -0.25) is 9.97 Å². The minimum atomic E-state index is -0.671. The van der Waals surface area contributed by atoms with Crippen LogP contribution in [0.3, 0.4) is 0 Å². The Bertz CT molecular complexity index is 1680. The van der Waals surface area contributed by atoms with E-state index in [0.717, 1.165) is 22.5 Å². The van der Waals surface area contributed by atoms with Crippen molar-refractivity contribution in [2.45, 2.75) is 52.7 Å². The maximum absolute atomic E-state index is 12.9. The molecule has 0 fully saturated rings. The van der Waals surface area contributed by atoms with E-state index >= 15 is 0 Å². The maximum atomic E-state index is 12.9. The summed E-state index contributed by atoms with van der Waals surface area (Å²) in [7, 11) is 10.0. The second kappa shape index (κ2) is 16.2. The summed E-state index contributed by atoms with van der Waals surface area (Å²) < 4.78 is 33.4. The van der Waals surface area contributed by atoms with Crippen molar-refractivity contribution in [3.63, 3.8) is 0 Å². The monoisotopic (exact) mass is 714 g/mol. The average molecular weight is 715 g/mol. The summed E-state index contributed by atoms with van der Waals surface area (Å²) in [5.74, 6) is 0.310. The molecule has 0 radical (unpaired) electrons. The molecular formula is C40H50N4O8. The van der Waals surface area contributed by atoms with Gasteiger partial charge < -0.3 is 38.2 Å². The van der Waals surface area contributed by atoms with E-state index in [1.54, 1.807) is 24.3 Å². The minimum absolute atomic E-state index is 0.225. The van der Waals surface area contributed by atoms with Crippen molar-refractivity contribution in [2.75, 3.05) is 65.4 Å².